The molecule has 0 atom stereocenters. The van der Waals surface area contributed by atoms with Crippen molar-refractivity contribution in [2.75, 3.05) is 5.32 Å². The number of nitrogens with one attached hydrogen (secondary N) is 2. The van der Waals surface area contributed by atoms with Crippen molar-refractivity contribution in [3.8, 4) is 0 Å². The number of ketones is 1. The van der Waals surface area contributed by atoms with Crippen LogP contribution in [0.25, 0.3) is 0 Å². The SMILES string of the molecule is O=C1NCc2cc3c(cc2N1)C(=O)[CH]CCC3. The molecule has 2 N–H and O–H groups in total. The van der Waals surface area contributed by atoms with E-state index in [4.69, 9.17) is 0 Å². The molecule has 1 aliphatic carbocycles. The number of rotatable bonds is 0. The van der Waals surface area contributed by atoms with E-state index in [2.05, 4.69) is 10.6 Å². The topological polar surface area (TPSA) is 58.2 Å². The minimum atomic E-state index is -0.206. The highest BCUT2D eigenvalue weighted by molar-refractivity contribution is 6.05. The lowest BCUT2D eigenvalue weighted by Crippen LogP contribution is -2.33. The molecular formula is C13H13N2O2. The number of Topliss-reactive ketones (excluding diaryl/α,β-unsaturated/α-hetero) is 1. The summed E-state index contributed by atoms with van der Waals surface area (Å²) in [5.41, 5.74) is 3.65. The van der Waals surface area contributed by atoms with Crippen LogP contribution >= 0.6 is 0 Å². The smallest absolute Gasteiger partial charge is 0.319 e. The van der Waals surface area contributed by atoms with Crippen molar-refractivity contribution in [2.45, 2.75) is 25.8 Å². The van der Waals surface area contributed by atoms with Crippen LogP contribution in [-0.4, -0.2) is 11.8 Å². The Balaban J connectivity index is 2.09. The number of aryl methyl sites for hydroxylation is 1. The number of carbonyl (C=O) groups is 2. The molecule has 1 radical (unpaired) electrons. The summed E-state index contributed by atoms with van der Waals surface area (Å²) in [4.78, 5) is 23.1. The Kier molecular flexibility index (Phi) is 2.35. The zero-order valence-corrected chi connectivity index (χ0v) is 9.38. The predicted octanol–water partition coefficient (Wildman–Crippen LogP) is 2.04. The highest BCUT2D eigenvalue weighted by Crippen LogP contribution is 2.28. The summed E-state index contributed by atoms with van der Waals surface area (Å²) in [5, 5.41) is 5.46. The van der Waals surface area contributed by atoms with Crippen molar-refractivity contribution < 1.29 is 9.59 Å². The quantitative estimate of drug-likeness (QED) is 0.669. The Bertz CT molecular complexity index is 508. The number of hydrogen-bond acceptors (Lipinski definition) is 2. The van der Waals surface area contributed by atoms with E-state index in [0.29, 0.717) is 6.54 Å². The van der Waals surface area contributed by atoms with Crippen LogP contribution in [0.5, 0.6) is 0 Å². The van der Waals surface area contributed by atoms with Gasteiger partial charge in [-0.05, 0) is 36.5 Å². The third-order valence-corrected chi connectivity index (χ3v) is 3.26. The van der Waals surface area contributed by atoms with Crippen molar-refractivity contribution >= 4 is 17.5 Å². The maximum Gasteiger partial charge on any atom is 0.319 e. The first kappa shape index (κ1) is 10.3. The molecule has 1 heterocycles. The van der Waals surface area contributed by atoms with Gasteiger partial charge in [-0.15, -0.1) is 0 Å². The molecule has 0 unspecified atom stereocenters. The van der Waals surface area contributed by atoms with Gasteiger partial charge in [0.25, 0.3) is 0 Å². The van der Waals surface area contributed by atoms with E-state index in [9.17, 15) is 9.59 Å². The summed E-state index contributed by atoms with van der Waals surface area (Å²) in [6, 6.07) is 3.64. The monoisotopic (exact) mass is 229 g/mol. The second kappa shape index (κ2) is 3.87. The zero-order valence-electron chi connectivity index (χ0n) is 9.38. The average Bonchev–Trinajstić information content (AvgIpc) is 2.49. The molecule has 2 amide bonds. The van der Waals surface area contributed by atoms with Crippen LogP contribution in [0.4, 0.5) is 10.5 Å². The first-order valence-corrected chi connectivity index (χ1v) is 5.82. The third kappa shape index (κ3) is 1.79. The lowest BCUT2D eigenvalue weighted by atomic mass is 9.97. The highest BCUT2D eigenvalue weighted by Gasteiger charge is 2.21. The van der Waals surface area contributed by atoms with Gasteiger partial charge in [-0.2, -0.15) is 0 Å². The Morgan fingerprint density at radius 1 is 1.12 bits per heavy atom. The van der Waals surface area contributed by atoms with E-state index in [-0.39, 0.29) is 11.8 Å². The lowest BCUT2D eigenvalue weighted by molar-refractivity contribution is 0.102. The van der Waals surface area contributed by atoms with E-state index in [1.54, 1.807) is 6.42 Å². The first-order valence-electron chi connectivity index (χ1n) is 5.82. The standard InChI is InChI=1S/C13H13N2O2/c16-12-4-2-1-3-8-5-9-7-14-13(17)15-11(9)6-10(8)12/h4-6H,1-3,7H2,(H2,14,15,17). The van der Waals surface area contributed by atoms with Crippen molar-refractivity contribution in [1.29, 1.82) is 0 Å². The molecule has 4 nitrogen and oxygen atoms in total. The summed E-state index contributed by atoms with van der Waals surface area (Å²) in [6.45, 7) is 0.534. The number of fused-ring (bicyclic) bond motifs is 2. The number of hydrogen-bond donors (Lipinski definition) is 2. The number of carbonyl (C=O) groups excluding carboxylic acids is 2. The van der Waals surface area contributed by atoms with Gasteiger partial charge in [0, 0.05) is 24.2 Å². The maximum atomic E-state index is 11.9. The molecule has 3 rings (SSSR count). The fraction of sp³-hybridized carbons (Fsp3) is 0.308. The molecule has 4 heteroatoms. The van der Waals surface area contributed by atoms with E-state index in [1.807, 2.05) is 12.1 Å². The molecular weight excluding hydrogens is 216 g/mol. The van der Waals surface area contributed by atoms with Crippen molar-refractivity contribution in [3.05, 3.63) is 35.2 Å². The number of amides is 2. The number of anilines is 1. The Morgan fingerprint density at radius 3 is 2.88 bits per heavy atom. The van der Waals surface area contributed by atoms with Gasteiger partial charge >= 0.3 is 6.03 Å². The molecule has 0 saturated heterocycles. The van der Waals surface area contributed by atoms with Crippen LogP contribution in [-0.2, 0) is 13.0 Å². The van der Waals surface area contributed by atoms with Crippen molar-refractivity contribution in [1.82, 2.24) is 5.32 Å². The molecule has 0 saturated carbocycles. The first-order chi connectivity index (χ1) is 8.24. The van der Waals surface area contributed by atoms with Gasteiger partial charge in [-0.25, -0.2) is 4.79 Å². The van der Waals surface area contributed by atoms with E-state index in [1.165, 1.54) is 0 Å². The van der Waals surface area contributed by atoms with E-state index in [0.717, 1.165) is 41.6 Å². The van der Waals surface area contributed by atoms with Gasteiger partial charge in [0.15, 0.2) is 5.78 Å². The third-order valence-electron chi connectivity index (χ3n) is 3.26. The van der Waals surface area contributed by atoms with Gasteiger partial charge in [0.2, 0.25) is 0 Å². The van der Waals surface area contributed by atoms with Crippen LogP contribution in [0.2, 0.25) is 0 Å². The largest absolute Gasteiger partial charge is 0.334 e. The summed E-state index contributed by atoms with van der Waals surface area (Å²) in [5.74, 6) is 0.0769. The maximum absolute atomic E-state index is 11.9. The summed E-state index contributed by atoms with van der Waals surface area (Å²) in [6.07, 6.45) is 4.51. The normalized spacial score (nSPS) is 18.6. The Hall–Kier alpha value is -1.84. The zero-order chi connectivity index (χ0) is 11.8. The lowest BCUT2D eigenvalue weighted by Gasteiger charge is -2.20. The summed E-state index contributed by atoms with van der Waals surface area (Å²) >= 11 is 0. The average molecular weight is 229 g/mol. The number of benzene rings is 1. The summed E-state index contributed by atoms with van der Waals surface area (Å²) in [7, 11) is 0. The molecule has 17 heavy (non-hydrogen) atoms. The molecule has 0 spiro atoms. The molecule has 0 aromatic heterocycles. The van der Waals surface area contributed by atoms with Gasteiger partial charge in [0.05, 0.1) is 0 Å². The van der Waals surface area contributed by atoms with Crippen LogP contribution in [0.1, 0.15) is 34.3 Å². The Morgan fingerprint density at radius 2 is 2.00 bits per heavy atom. The molecule has 0 fully saturated rings. The molecule has 1 aliphatic heterocycles. The Labute approximate surface area is 99.4 Å². The minimum Gasteiger partial charge on any atom is -0.334 e. The van der Waals surface area contributed by atoms with Crippen LogP contribution in [0.3, 0.4) is 0 Å². The van der Waals surface area contributed by atoms with Crippen molar-refractivity contribution in [3.63, 3.8) is 0 Å². The van der Waals surface area contributed by atoms with Crippen LogP contribution in [0, 0.1) is 6.42 Å². The fourth-order valence-corrected chi connectivity index (χ4v) is 2.37. The van der Waals surface area contributed by atoms with Gasteiger partial charge in [-0.3, -0.25) is 4.79 Å². The predicted molar refractivity (Wildman–Crippen MR) is 63.9 cm³/mol. The van der Waals surface area contributed by atoms with Gasteiger partial charge in [0.1, 0.15) is 0 Å². The van der Waals surface area contributed by atoms with Crippen LogP contribution < -0.4 is 10.6 Å². The molecule has 1 aromatic carbocycles. The fourth-order valence-electron chi connectivity index (χ4n) is 2.37. The molecule has 0 bridgehead atoms. The molecule has 1 aromatic rings. The minimum absolute atomic E-state index is 0.0769. The van der Waals surface area contributed by atoms with Gasteiger partial charge < -0.3 is 10.6 Å². The van der Waals surface area contributed by atoms with E-state index < -0.39 is 0 Å². The highest BCUT2D eigenvalue weighted by atomic mass is 16.2. The second-order valence-corrected chi connectivity index (χ2v) is 4.43. The molecule has 2 aliphatic rings. The molecule has 87 valence electrons. The van der Waals surface area contributed by atoms with Crippen molar-refractivity contribution in [2.24, 2.45) is 0 Å². The van der Waals surface area contributed by atoms with E-state index >= 15 is 0 Å². The van der Waals surface area contributed by atoms with Crippen LogP contribution in [0.15, 0.2) is 12.1 Å². The second-order valence-electron chi connectivity index (χ2n) is 4.43. The van der Waals surface area contributed by atoms with Gasteiger partial charge in [-0.1, -0.05) is 6.07 Å². The number of urea groups is 1. The summed E-state index contributed by atoms with van der Waals surface area (Å²) < 4.78 is 0.